The van der Waals surface area contributed by atoms with Crippen molar-refractivity contribution >= 4 is 50.4 Å². The molecule has 1 amide bonds. The molecule has 0 fully saturated rings. The largest absolute Gasteiger partial charge is 0.507 e. The molecule has 4 aromatic rings. The molecule has 2 N–H and O–H groups in total. The molecule has 5 nitrogen and oxygen atoms in total. The monoisotopic (exact) mass is 434 g/mol. The smallest absolute Gasteiger partial charge is 0.291 e. The van der Waals surface area contributed by atoms with Crippen molar-refractivity contribution in [3.05, 3.63) is 88.6 Å². The van der Waals surface area contributed by atoms with Crippen LogP contribution >= 0.6 is 15.9 Å². The van der Waals surface area contributed by atoms with Gasteiger partial charge in [0.15, 0.2) is 5.76 Å². The van der Waals surface area contributed by atoms with Gasteiger partial charge in [-0.1, -0.05) is 40.2 Å². The van der Waals surface area contributed by atoms with E-state index >= 15 is 0 Å². The second-order valence-corrected chi connectivity index (χ2v) is 7.03. The third-order valence-corrected chi connectivity index (χ3v) is 4.59. The molecular formula is C22H15BrN2O3. The molecule has 0 aliphatic heterocycles. The lowest BCUT2D eigenvalue weighted by Crippen LogP contribution is -2.10. The van der Waals surface area contributed by atoms with Gasteiger partial charge in [0.2, 0.25) is 0 Å². The average molecular weight is 435 g/mol. The van der Waals surface area contributed by atoms with E-state index in [9.17, 15) is 9.90 Å². The Balaban J connectivity index is 1.52. The predicted octanol–water partition coefficient (Wildman–Crippen LogP) is 5.90. The van der Waals surface area contributed by atoms with E-state index in [1.807, 2.05) is 30.3 Å². The highest BCUT2D eigenvalue weighted by atomic mass is 79.9. The van der Waals surface area contributed by atoms with E-state index < -0.39 is 0 Å². The van der Waals surface area contributed by atoms with Crippen LogP contribution in [0.4, 0.5) is 11.4 Å². The molecule has 28 heavy (non-hydrogen) atoms. The van der Waals surface area contributed by atoms with E-state index in [0.717, 1.165) is 9.86 Å². The maximum absolute atomic E-state index is 12.5. The van der Waals surface area contributed by atoms with Gasteiger partial charge < -0.3 is 14.8 Å². The third-order valence-electron chi connectivity index (χ3n) is 4.10. The minimum absolute atomic E-state index is 0.140. The summed E-state index contributed by atoms with van der Waals surface area (Å²) in [7, 11) is 0. The summed E-state index contributed by atoms with van der Waals surface area (Å²) in [5.41, 5.74) is 2.49. The number of nitrogens with zero attached hydrogens (tertiary/aromatic N) is 1. The molecule has 0 saturated carbocycles. The minimum Gasteiger partial charge on any atom is -0.507 e. The van der Waals surface area contributed by atoms with Crippen molar-refractivity contribution in [1.82, 2.24) is 0 Å². The van der Waals surface area contributed by atoms with Crippen LogP contribution in [0.25, 0.3) is 11.0 Å². The number of aliphatic imine (C=N–C) groups is 1. The summed E-state index contributed by atoms with van der Waals surface area (Å²) in [5, 5.41) is 13.6. The number of phenolic OH excluding ortho intramolecular Hbond substituents is 1. The lowest BCUT2D eigenvalue weighted by Gasteiger charge is -2.04. The van der Waals surface area contributed by atoms with Crippen LogP contribution in [0.2, 0.25) is 0 Å². The lowest BCUT2D eigenvalue weighted by molar-refractivity contribution is 0.0998. The number of fused-ring (bicyclic) bond motifs is 1. The molecule has 6 heteroatoms. The molecule has 1 aromatic heterocycles. The van der Waals surface area contributed by atoms with Crippen LogP contribution in [0.3, 0.4) is 0 Å². The summed E-state index contributed by atoms with van der Waals surface area (Å²) in [6.07, 6.45) is 1.57. The van der Waals surface area contributed by atoms with E-state index in [4.69, 9.17) is 4.42 Å². The highest BCUT2D eigenvalue weighted by molar-refractivity contribution is 9.10. The number of carbonyl (C=O) groups excluding carboxylic acids is 1. The van der Waals surface area contributed by atoms with E-state index in [1.165, 1.54) is 0 Å². The molecule has 0 atom stereocenters. The fraction of sp³-hybridized carbons (Fsp3) is 0. The Morgan fingerprint density at radius 2 is 1.89 bits per heavy atom. The fourth-order valence-electron chi connectivity index (χ4n) is 2.72. The average Bonchev–Trinajstić information content (AvgIpc) is 3.13. The first-order valence-electron chi connectivity index (χ1n) is 8.51. The Morgan fingerprint density at radius 1 is 1.04 bits per heavy atom. The number of phenols is 1. The number of nitrogens with one attached hydrogen (secondary N) is 1. The third kappa shape index (κ3) is 3.97. The molecule has 0 aliphatic carbocycles. The topological polar surface area (TPSA) is 74.8 Å². The molecule has 4 rings (SSSR count). The molecule has 3 aromatic carbocycles. The van der Waals surface area contributed by atoms with Crippen LogP contribution in [-0.2, 0) is 0 Å². The Hall–Kier alpha value is -3.38. The zero-order valence-electron chi connectivity index (χ0n) is 14.6. The van der Waals surface area contributed by atoms with Gasteiger partial charge in [-0.3, -0.25) is 9.79 Å². The van der Waals surface area contributed by atoms with Crippen molar-refractivity contribution in [2.75, 3.05) is 5.32 Å². The number of rotatable bonds is 4. The molecule has 0 aliphatic rings. The number of hydrogen-bond acceptors (Lipinski definition) is 4. The number of carbonyl (C=O) groups is 1. The number of para-hydroxylation sites is 1. The van der Waals surface area contributed by atoms with Gasteiger partial charge in [-0.25, -0.2) is 0 Å². The number of amides is 1. The van der Waals surface area contributed by atoms with Gasteiger partial charge >= 0.3 is 0 Å². The summed E-state index contributed by atoms with van der Waals surface area (Å²) >= 11 is 3.37. The lowest BCUT2D eigenvalue weighted by atomic mass is 10.2. The highest BCUT2D eigenvalue weighted by Crippen LogP contribution is 2.24. The summed E-state index contributed by atoms with van der Waals surface area (Å²) < 4.78 is 6.43. The zero-order chi connectivity index (χ0) is 19.5. The molecule has 0 unspecified atom stereocenters. The van der Waals surface area contributed by atoms with Crippen LogP contribution in [0.1, 0.15) is 16.1 Å². The Morgan fingerprint density at radius 3 is 2.75 bits per heavy atom. The van der Waals surface area contributed by atoms with Gasteiger partial charge in [-0.15, -0.1) is 0 Å². The van der Waals surface area contributed by atoms with Crippen molar-refractivity contribution in [2.45, 2.75) is 0 Å². The van der Waals surface area contributed by atoms with Gasteiger partial charge in [0.05, 0.1) is 5.69 Å². The van der Waals surface area contributed by atoms with E-state index in [-0.39, 0.29) is 17.4 Å². The number of furan rings is 1. The van der Waals surface area contributed by atoms with Crippen molar-refractivity contribution in [1.29, 1.82) is 0 Å². The van der Waals surface area contributed by atoms with Crippen LogP contribution in [0.15, 0.2) is 86.7 Å². The second-order valence-electron chi connectivity index (χ2n) is 6.11. The minimum atomic E-state index is -0.332. The van der Waals surface area contributed by atoms with E-state index in [0.29, 0.717) is 22.5 Å². The molecule has 138 valence electrons. The predicted molar refractivity (Wildman–Crippen MR) is 114 cm³/mol. The molecule has 0 spiro atoms. The zero-order valence-corrected chi connectivity index (χ0v) is 16.2. The SMILES string of the molecule is O=C(Nc1cccc(N=Cc2cc(Br)ccc2O)c1)c1cc2ccccc2o1. The summed E-state index contributed by atoms with van der Waals surface area (Å²) in [6, 6.07) is 21.4. The van der Waals surface area contributed by atoms with Crippen molar-refractivity contribution in [3.63, 3.8) is 0 Å². The molecule has 1 heterocycles. The molecular weight excluding hydrogens is 420 g/mol. The standard InChI is InChI=1S/C22H15BrN2O3/c23-16-8-9-19(26)15(10-16)13-24-17-5-3-6-18(12-17)25-22(27)21-11-14-4-1-2-7-20(14)28-21/h1-13,26H,(H,25,27). The quantitative estimate of drug-likeness (QED) is 0.392. The Kier molecular flexibility index (Phi) is 4.95. The van der Waals surface area contributed by atoms with Crippen molar-refractivity contribution in [3.8, 4) is 5.75 Å². The van der Waals surface area contributed by atoms with E-state index in [2.05, 4.69) is 26.2 Å². The maximum Gasteiger partial charge on any atom is 0.291 e. The molecule has 0 bridgehead atoms. The molecule has 0 saturated heterocycles. The van der Waals surface area contributed by atoms with Gasteiger partial charge in [0.25, 0.3) is 5.91 Å². The van der Waals surface area contributed by atoms with Gasteiger partial charge in [-0.2, -0.15) is 0 Å². The Bertz CT molecular complexity index is 1160. The first kappa shape index (κ1) is 18.0. The van der Waals surface area contributed by atoms with Crippen LogP contribution < -0.4 is 5.32 Å². The first-order chi connectivity index (χ1) is 13.6. The Labute approximate surface area is 169 Å². The summed E-state index contributed by atoms with van der Waals surface area (Å²) in [4.78, 5) is 16.8. The molecule has 0 radical (unpaired) electrons. The van der Waals surface area contributed by atoms with Gasteiger partial charge in [0.1, 0.15) is 11.3 Å². The van der Waals surface area contributed by atoms with Gasteiger partial charge in [-0.05, 0) is 48.5 Å². The second kappa shape index (κ2) is 7.70. The van der Waals surface area contributed by atoms with E-state index in [1.54, 1.807) is 48.7 Å². The van der Waals surface area contributed by atoms with Crippen LogP contribution in [0.5, 0.6) is 5.75 Å². The van der Waals surface area contributed by atoms with Crippen LogP contribution in [-0.4, -0.2) is 17.2 Å². The number of benzene rings is 3. The maximum atomic E-state index is 12.5. The number of aromatic hydroxyl groups is 1. The summed E-state index contributed by atoms with van der Waals surface area (Å²) in [6.45, 7) is 0. The van der Waals surface area contributed by atoms with Crippen molar-refractivity contribution < 1.29 is 14.3 Å². The summed E-state index contributed by atoms with van der Waals surface area (Å²) in [5.74, 6) is 0.0532. The van der Waals surface area contributed by atoms with Crippen LogP contribution in [0, 0.1) is 0 Å². The fourth-order valence-corrected chi connectivity index (χ4v) is 3.10. The normalized spacial score (nSPS) is 11.2. The van der Waals surface area contributed by atoms with Crippen molar-refractivity contribution in [2.24, 2.45) is 4.99 Å². The number of hydrogen-bond donors (Lipinski definition) is 2. The highest BCUT2D eigenvalue weighted by Gasteiger charge is 2.12. The number of halogens is 1. The van der Waals surface area contributed by atoms with Gasteiger partial charge in [0, 0.05) is 27.3 Å². The first-order valence-corrected chi connectivity index (χ1v) is 9.30. The number of anilines is 1.